The molecule has 0 fully saturated rings. The van der Waals surface area contributed by atoms with Gasteiger partial charge in [0.1, 0.15) is 5.75 Å². The van der Waals surface area contributed by atoms with Gasteiger partial charge in [-0.15, -0.1) is 0 Å². The molecular weight excluding hydrogens is 196 g/mol. The molecule has 0 radical (unpaired) electrons. The first kappa shape index (κ1) is 11.0. The lowest BCUT2D eigenvalue weighted by atomic mass is 10.1. The highest BCUT2D eigenvalue weighted by Gasteiger charge is 2.10. The molecule has 0 heterocycles. The summed E-state index contributed by atoms with van der Waals surface area (Å²) in [4.78, 5) is 21.8. The predicted octanol–water partition coefficient (Wildman–Crippen LogP) is 0.623. The third kappa shape index (κ3) is 2.46. The number of hydrogen-bond donors (Lipinski definition) is 2. The molecule has 0 aromatic heterocycles. The van der Waals surface area contributed by atoms with Gasteiger partial charge in [-0.3, -0.25) is 9.59 Å². The Morgan fingerprint density at radius 1 is 1.47 bits per heavy atom. The van der Waals surface area contributed by atoms with Crippen molar-refractivity contribution in [2.75, 3.05) is 19.5 Å². The maximum atomic E-state index is 11.5. The Hall–Kier alpha value is -2.04. The van der Waals surface area contributed by atoms with Crippen LogP contribution in [0.3, 0.4) is 0 Å². The molecule has 0 aliphatic rings. The van der Waals surface area contributed by atoms with Crippen LogP contribution < -0.4 is 15.4 Å². The Balaban J connectivity index is 3.15. The van der Waals surface area contributed by atoms with E-state index in [9.17, 15) is 9.59 Å². The van der Waals surface area contributed by atoms with Gasteiger partial charge in [-0.1, -0.05) is 0 Å². The van der Waals surface area contributed by atoms with Crippen molar-refractivity contribution in [3.8, 4) is 5.75 Å². The molecule has 15 heavy (non-hydrogen) atoms. The van der Waals surface area contributed by atoms with Crippen molar-refractivity contribution >= 4 is 18.0 Å². The second-order valence-corrected chi connectivity index (χ2v) is 2.75. The highest BCUT2D eigenvalue weighted by molar-refractivity contribution is 6.01. The fraction of sp³-hybridized carbons (Fsp3) is 0.200. The smallest absolute Gasteiger partial charge is 0.253 e. The molecule has 0 saturated heterocycles. The van der Waals surface area contributed by atoms with Gasteiger partial charge in [0.15, 0.2) is 0 Å². The molecule has 2 amide bonds. The van der Waals surface area contributed by atoms with Gasteiger partial charge in [-0.2, -0.15) is 0 Å². The molecule has 1 aromatic carbocycles. The van der Waals surface area contributed by atoms with Crippen LogP contribution in [0.4, 0.5) is 5.69 Å². The average molecular weight is 208 g/mol. The third-order valence-electron chi connectivity index (χ3n) is 1.91. The minimum absolute atomic E-state index is 0.279. The summed E-state index contributed by atoms with van der Waals surface area (Å²) in [5.41, 5.74) is 0.814. The number of ether oxygens (including phenoxy) is 1. The van der Waals surface area contributed by atoms with Crippen LogP contribution in [0.1, 0.15) is 10.4 Å². The number of nitrogens with one attached hydrogen (secondary N) is 2. The summed E-state index contributed by atoms with van der Waals surface area (Å²) in [6, 6.07) is 4.83. The molecule has 0 saturated carbocycles. The molecule has 2 N–H and O–H groups in total. The quantitative estimate of drug-likeness (QED) is 0.713. The third-order valence-corrected chi connectivity index (χ3v) is 1.91. The van der Waals surface area contributed by atoms with E-state index < -0.39 is 0 Å². The van der Waals surface area contributed by atoms with E-state index in [1.165, 1.54) is 14.2 Å². The fourth-order valence-corrected chi connectivity index (χ4v) is 1.16. The molecule has 0 bridgehead atoms. The predicted molar refractivity (Wildman–Crippen MR) is 56.1 cm³/mol. The van der Waals surface area contributed by atoms with Gasteiger partial charge in [-0.25, -0.2) is 0 Å². The van der Waals surface area contributed by atoms with E-state index in [-0.39, 0.29) is 5.91 Å². The van der Waals surface area contributed by atoms with Gasteiger partial charge in [0.25, 0.3) is 5.91 Å². The van der Waals surface area contributed by atoms with Gasteiger partial charge in [0.05, 0.1) is 18.4 Å². The van der Waals surface area contributed by atoms with E-state index in [0.29, 0.717) is 23.4 Å². The van der Waals surface area contributed by atoms with Gasteiger partial charge in [-0.05, 0) is 18.2 Å². The molecule has 1 aromatic rings. The van der Waals surface area contributed by atoms with E-state index in [4.69, 9.17) is 4.74 Å². The number of amides is 2. The van der Waals surface area contributed by atoms with Crippen LogP contribution in [0.5, 0.6) is 5.75 Å². The Labute approximate surface area is 87.4 Å². The second-order valence-electron chi connectivity index (χ2n) is 2.75. The molecule has 5 heteroatoms. The van der Waals surface area contributed by atoms with Gasteiger partial charge < -0.3 is 15.4 Å². The molecule has 0 atom stereocenters. The molecule has 80 valence electrons. The standard InChI is InChI=1S/C10H12N2O3/c1-11-10(14)8-5-7(15-2)3-4-9(8)12-6-13/h3-6H,1-2H3,(H,11,14)(H,12,13). The van der Waals surface area contributed by atoms with Crippen molar-refractivity contribution < 1.29 is 14.3 Å². The highest BCUT2D eigenvalue weighted by atomic mass is 16.5. The summed E-state index contributed by atoms with van der Waals surface area (Å²) in [5.74, 6) is 0.281. The van der Waals surface area contributed by atoms with E-state index >= 15 is 0 Å². The van der Waals surface area contributed by atoms with Gasteiger partial charge in [0, 0.05) is 7.05 Å². The van der Waals surface area contributed by atoms with Crippen LogP contribution in [0.2, 0.25) is 0 Å². The fourth-order valence-electron chi connectivity index (χ4n) is 1.16. The van der Waals surface area contributed by atoms with Crippen molar-refractivity contribution in [1.82, 2.24) is 5.32 Å². The first-order valence-corrected chi connectivity index (χ1v) is 4.33. The van der Waals surface area contributed by atoms with E-state index in [1.54, 1.807) is 18.2 Å². The van der Waals surface area contributed by atoms with Crippen LogP contribution in [-0.4, -0.2) is 26.5 Å². The summed E-state index contributed by atoms with van der Waals surface area (Å²) in [7, 11) is 3.03. The average Bonchev–Trinajstić information content (AvgIpc) is 2.29. The number of carbonyl (C=O) groups excluding carboxylic acids is 2. The van der Waals surface area contributed by atoms with Crippen LogP contribution in [0.25, 0.3) is 0 Å². The van der Waals surface area contributed by atoms with E-state index in [2.05, 4.69) is 10.6 Å². The maximum absolute atomic E-state index is 11.5. The first-order chi connectivity index (χ1) is 7.22. The number of benzene rings is 1. The normalized spacial score (nSPS) is 9.20. The number of rotatable bonds is 4. The Kier molecular flexibility index (Phi) is 3.68. The number of hydrogen-bond acceptors (Lipinski definition) is 3. The summed E-state index contributed by atoms with van der Waals surface area (Å²) in [6.45, 7) is 0. The summed E-state index contributed by atoms with van der Waals surface area (Å²) in [5, 5.41) is 4.93. The minimum atomic E-state index is -0.279. The number of methoxy groups -OCH3 is 1. The first-order valence-electron chi connectivity index (χ1n) is 4.33. The van der Waals surface area contributed by atoms with Crippen LogP contribution in [0, 0.1) is 0 Å². The molecule has 0 spiro atoms. The van der Waals surface area contributed by atoms with Gasteiger partial charge >= 0.3 is 0 Å². The molecule has 0 unspecified atom stereocenters. The molecule has 1 rings (SSSR count). The largest absolute Gasteiger partial charge is 0.497 e. The van der Waals surface area contributed by atoms with Crippen molar-refractivity contribution in [2.24, 2.45) is 0 Å². The van der Waals surface area contributed by atoms with Crippen molar-refractivity contribution in [3.63, 3.8) is 0 Å². The Bertz CT molecular complexity index is 377. The Morgan fingerprint density at radius 2 is 2.20 bits per heavy atom. The van der Waals surface area contributed by atoms with Crippen LogP contribution in [0.15, 0.2) is 18.2 Å². The summed E-state index contributed by atoms with van der Waals surface area (Å²) >= 11 is 0. The zero-order valence-electron chi connectivity index (χ0n) is 8.53. The van der Waals surface area contributed by atoms with Gasteiger partial charge in [0.2, 0.25) is 6.41 Å². The van der Waals surface area contributed by atoms with E-state index in [1.807, 2.05) is 0 Å². The van der Waals surface area contributed by atoms with E-state index in [0.717, 1.165) is 0 Å². The molecular formula is C10H12N2O3. The maximum Gasteiger partial charge on any atom is 0.253 e. The SMILES string of the molecule is CNC(=O)c1cc(OC)ccc1NC=O. The van der Waals surface area contributed by atoms with Crippen molar-refractivity contribution in [1.29, 1.82) is 0 Å². The van der Waals surface area contributed by atoms with Crippen molar-refractivity contribution in [3.05, 3.63) is 23.8 Å². The molecule has 0 aliphatic carbocycles. The number of anilines is 1. The summed E-state index contributed by atoms with van der Waals surface area (Å²) < 4.78 is 4.99. The lowest BCUT2D eigenvalue weighted by molar-refractivity contribution is -0.105. The van der Waals surface area contributed by atoms with Crippen LogP contribution in [-0.2, 0) is 4.79 Å². The minimum Gasteiger partial charge on any atom is -0.497 e. The van der Waals surface area contributed by atoms with Crippen LogP contribution >= 0.6 is 0 Å². The Morgan fingerprint density at radius 3 is 2.73 bits per heavy atom. The highest BCUT2D eigenvalue weighted by Crippen LogP contribution is 2.21. The monoisotopic (exact) mass is 208 g/mol. The second kappa shape index (κ2) is 4.99. The lowest BCUT2D eigenvalue weighted by Crippen LogP contribution is -2.19. The van der Waals surface area contributed by atoms with Crippen molar-refractivity contribution in [2.45, 2.75) is 0 Å². The summed E-state index contributed by atoms with van der Waals surface area (Å²) in [6.07, 6.45) is 0.522. The number of carbonyl (C=O) groups is 2. The molecule has 5 nitrogen and oxygen atoms in total. The zero-order valence-corrected chi connectivity index (χ0v) is 8.53. The molecule has 0 aliphatic heterocycles. The zero-order chi connectivity index (χ0) is 11.3. The topological polar surface area (TPSA) is 67.4 Å². The lowest BCUT2D eigenvalue weighted by Gasteiger charge is -2.08.